The van der Waals surface area contributed by atoms with Crippen LogP contribution in [0.1, 0.15) is 34.4 Å². The molecule has 0 fully saturated rings. The Morgan fingerprint density at radius 3 is 2.72 bits per heavy atom. The molecule has 9 heteroatoms. The number of esters is 1. The summed E-state index contributed by atoms with van der Waals surface area (Å²) in [7, 11) is 0. The molecule has 0 saturated carbocycles. The number of hydrogen-bond donors (Lipinski definition) is 0. The normalized spacial score (nSPS) is 11.2. The third-order valence-corrected chi connectivity index (χ3v) is 4.82. The van der Waals surface area contributed by atoms with Crippen molar-refractivity contribution in [1.29, 1.82) is 0 Å². The Kier molecular flexibility index (Phi) is 5.02. The molecule has 0 aliphatic carbocycles. The van der Waals surface area contributed by atoms with E-state index >= 15 is 0 Å². The van der Waals surface area contributed by atoms with Crippen LogP contribution in [-0.4, -0.2) is 37.5 Å². The van der Waals surface area contributed by atoms with E-state index in [1.807, 2.05) is 31.2 Å². The highest BCUT2D eigenvalue weighted by atomic mass is 35.5. The molecule has 0 aliphatic heterocycles. The highest BCUT2D eigenvalue weighted by Gasteiger charge is 2.21. The van der Waals surface area contributed by atoms with Gasteiger partial charge in [0.25, 0.3) is 0 Å². The molecule has 0 N–H and O–H groups in total. The maximum absolute atomic E-state index is 12.1. The van der Waals surface area contributed by atoms with E-state index in [-0.39, 0.29) is 23.7 Å². The van der Waals surface area contributed by atoms with Crippen LogP contribution in [0.25, 0.3) is 22.4 Å². The van der Waals surface area contributed by atoms with Gasteiger partial charge in [-0.1, -0.05) is 46.6 Å². The first-order valence-corrected chi connectivity index (χ1v) is 9.44. The smallest absolute Gasteiger partial charge is 0.341 e. The SMILES string of the molecule is CCOC(=O)c1cnc2c(c(C)nn2Cc2nc(-c3ccc(C)cc3)no2)c1Cl. The monoisotopic (exact) mass is 411 g/mol. The molecule has 0 radical (unpaired) electrons. The van der Waals surface area contributed by atoms with Crippen molar-refractivity contribution in [2.75, 3.05) is 6.61 Å². The van der Waals surface area contributed by atoms with Crippen LogP contribution < -0.4 is 0 Å². The Morgan fingerprint density at radius 1 is 1.24 bits per heavy atom. The van der Waals surface area contributed by atoms with E-state index in [4.69, 9.17) is 20.9 Å². The number of pyridine rings is 1. The molecule has 4 aromatic rings. The fraction of sp³-hybridized carbons (Fsp3) is 0.250. The summed E-state index contributed by atoms with van der Waals surface area (Å²) in [6.07, 6.45) is 1.39. The standard InChI is InChI=1S/C20H18ClN5O3/c1-4-28-20(27)14-9-22-19-16(17(14)21)12(3)24-26(19)10-15-23-18(25-29-15)13-7-5-11(2)6-8-13/h5-9H,4,10H2,1-3H3. The lowest BCUT2D eigenvalue weighted by Gasteiger charge is -2.05. The van der Waals surface area contributed by atoms with Crippen molar-refractivity contribution >= 4 is 28.6 Å². The lowest BCUT2D eigenvalue weighted by molar-refractivity contribution is 0.0526. The summed E-state index contributed by atoms with van der Waals surface area (Å²) in [4.78, 5) is 20.9. The molecular formula is C20H18ClN5O3. The molecule has 0 atom stereocenters. The Hall–Kier alpha value is -3.26. The average Bonchev–Trinajstić information content (AvgIpc) is 3.28. The molecular weight excluding hydrogens is 394 g/mol. The van der Waals surface area contributed by atoms with Crippen LogP contribution in [0.3, 0.4) is 0 Å². The van der Waals surface area contributed by atoms with Crippen molar-refractivity contribution in [1.82, 2.24) is 24.9 Å². The second-order valence-electron chi connectivity index (χ2n) is 6.53. The summed E-state index contributed by atoms with van der Waals surface area (Å²) in [6.45, 7) is 6.03. The summed E-state index contributed by atoms with van der Waals surface area (Å²) >= 11 is 6.45. The minimum atomic E-state index is -0.515. The van der Waals surface area contributed by atoms with Crippen molar-refractivity contribution in [3.63, 3.8) is 0 Å². The Labute approximate surface area is 171 Å². The van der Waals surface area contributed by atoms with Crippen LogP contribution in [0.4, 0.5) is 0 Å². The summed E-state index contributed by atoms with van der Waals surface area (Å²) < 4.78 is 12.0. The van der Waals surface area contributed by atoms with E-state index < -0.39 is 5.97 Å². The van der Waals surface area contributed by atoms with Crippen LogP contribution >= 0.6 is 11.6 Å². The van der Waals surface area contributed by atoms with Gasteiger partial charge in [-0.2, -0.15) is 10.1 Å². The average molecular weight is 412 g/mol. The summed E-state index contributed by atoms with van der Waals surface area (Å²) in [5.41, 5.74) is 3.40. The maximum Gasteiger partial charge on any atom is 0.341 e. The highest BCUT2D eigenvalue weighted by molar-refractivity contribution is 6.38. The number of aryl methyl sites for hydroxylation is 2. The molecule has 148 valence electrons. The molecule has 0 unspecified atom stereocenters. The van der Waals surface area contributed by atoms with Crippen LogP contribution in [0.5, 0.6) is 0 Å². The zero-order valence-electron chi connectivity index (χ0n) is 16.1. The van der Waals surface area contributed by atoms with Gasteiger partial charge in [0.05, 0.1) is 28.3 Å². The number of ether oxygens (including phenoxy) is 1. The number of rotatable bonds is 5. The fourth-order valence-electron chi connectivity index (χ4n) is 3.00. The van der Waals surface area contributed by atoms with Gasteiger partial charge < -0.3 is 9.26 Å². The molecule has 0 amide bonds. The molecule has 0 spiro atoms. The number of benzene rings is 1. The van der Waals surface area contributed by atoms with Crippen molar-refractivity contribution < 1.29 is 14.1 Å². The molecule has 0 aliphatic rings. The van der Waals surface area contributed by atoms with E-state index in [0.717, 1.165) is 11.1 Å². The second-order valence-corrected chi connectivity index (χ2v) is 6.90. The first-order valence-electron chi connectivity index (χ1n) is 9.06. The minimum absolute atomic E-state index is 0.211. The van der Waals surface area contributed by atoms with Crippen LogP contribution in [-0.2, 0) is 11.3 Å². The van der Waals surface area contributed by atoms with Crippen LogP contribution in [0, 0.1) is 13.8 Å². The van der Waals surface area contributed by atoms with Gasteiger partial charge in [0, 0.05) is 11.8 Å². The van der Waals surface area contributed by atoms with Gasteiger partial charge in [-0.05, 0) is 20.8 Å². The van der Waals surface area contributed by atoms with E-state index in [9.17, 15) is 4.79 Å². The lowest BCUT2D eigenvalue weighted by atomic mass is 10.1. The van der Waals surface area contributed by atoms with E-state index in [1.54, 1.807) is 18.5 Å². The Morgan fingerprint density at radius 2 is 2.00 bits per heavy atom. The van der Waals surface area contributed by atoms with Gasteiger partial charge in [-0.3, -0.25) is 0 Å². The van der Waals surface area contributed by atoms with Gasteiger partial charge in [-0.25, -0.2) is 14.5 Å². The third kappa shape index (κ3) is 3.58. The van der Waals surface area contributed by atoms with Gasteiger partial charge in [-0.15, -0.1) is 0 Å². The first-order chi connectivity index (χ1) is 14.0. The number of nitrogens with zero attached hydrogens (tertiary/aromatic N) is 5. The minimum Gasteiger partial charge on any atom is -0.462 e. The van der Waals surface area contributed by atoms with Crippen molar-refractivity contribution in [2.45, 2.75) is 27.3 Å². The molecule has 3 aromatic heterocycles. The fourth-order valence-corrected chi connectivity index (χ4v) is 3.35. The molecule has 1 aromatic carbocycles. The largest absolute Gasteiger partial charge is 0.462 e. The van der Waals surface area contributed by atoms with Crippen LogP contribution in [0.15, 0.2) is 35.0 Å². The van der Waals surface area contributed by atoms with E-state index in [0.29, 0.717) is 28.4 Å². The molecule has 0 bridgehead atoms. The number of carbonyl (C=O) groups is 1. The molecule has 4 rings (SSSR count). The third-order valence-electron chi connectivity index (χ3n) is 4.43. The van der Waals surface area contributed by atoms with Crippen molar-refractivity contribution in [3.05, 3.63) is 58.2 Å². The van der Waals surface area contributed by atoms with Gasteiger partial charge in [0.15, 0.2) is 5.65 Å². The van der Waals surface area contributed by atoms with E-state index in [1.165, 1.54) is 6.20 Å². The first kappa shape index (κ1) is 19.1. The zero-order chi connectivity index (χ0) is 20.5. The van der Waals surface area contributed by atoms with Gasteiger partial charge in [0.1, 0.15) is 6.54 Å². The van der Waals surface area contributed by atoms with Crippen molar-refractivity contribution in [2.24, 2.45) is 0 Å². The highest BCUT2D eigenvalue weighted by Crippen LogP contribution is 2.29. The topological polar surface area (TPSA) is 95.9 Å². The van der Waals surface area contributed by atoms with Crippen LogP contribution in [0.2, 0.25) is 5.02 Å². The Bertz CT molecular complexity index is 1200. The zero-order valence-corrected chi connectivity index (χ0v) is 16.9. The number of aromatic nitrogens is 5. The van der Waals surface area contributed by atoms with Gasteiger partial charge >= 0.3 is 5.97 Å². The van der Waals surface area contributed by atoms with E-state index in [2.05, 4.69) is 20.2 Å². The number of halogens is 1. The summed E-state index contributed by atoms with van der Waals surface area (Å²) in [5.74, 6) is 0.375. The predicted molar refractivity (Wildman–Crippen MR) is 107 cm³/mol. The molecule has 8 nitrogen and oxygen atoms in total. The molecule has 0 saturated heterocycles. The lowest BCUT2D eigenvalue weighted by Crippen LogP contribution is -2.07. The number of hydrogen-bond acceptors (Lipinski definition) is 7. The number of carbonyl (C=O) groups excluding carboxylic acids is 1. The van der Waals surface area contributed by atoms with Crippen molar-refractivity contribution in [3.8, 4) is 11.4 Å². The summed E-state index contributed by atoms with van der Waals surface area (Å²) in [6, 6.07) is 7.86. The second kappa shape index (κ2) is 7.63. The Balaban J connectivity index is 1.66. The maximum atomic E-state index is 12.1. The molecule has 3 heterocycles. The molecule has 29 heavy (non-hydrogen) atoms. The predicted octanol–water partition coefficient (Wildman–Crippen LogP) is 3.98. The quantitative estimate of drug-likeness (QED) is 0.458. The van der Waals surface area contributed by atoms with Gasteiger partial charge in [0.2, 0.25) is 11.7 Å². The number of fused-ring (bicyclic) bond motifs is 1. The summed E-state index contributed by atoms with van der Waals surface area (Å²) in [5, 5.41) is 9.38.